The molecule has 1 aromatic carbocycles. The standard InChI is InChI=1S/C14H20FNO2/c1-11(18)12-7-6-8-13(15)14(12)16(2)9-4-3-5-10-17/h6-8,17H,3-5,9-10H2,1-2H3. The van der Waals surface area contributed by atoms with Gasteiger partial charge in [0.25, 0.3) is 0 Å². The first-order chi connectivity index (χ1) is 8.57. The maximum atomic E-state index is 13.8. The van der Waals surface area contributed by atoms with Gasteiger partial charge in [-0.3, -0.25) is 4.79 Å². The van der Waals surface area contributed by atoms with E-state index < -0.39 is 0 Å². The Bertz CT molecular complexity index is 407. The predicted molar refractivity (Wildman–Crippen MR) is 70.6 cm³/mol. The molecule has 0 amide bonds. The lowest BCUT2D eigenvalue weighted by molar-refractivity contribution is 0.101. The molecule has 0 spiro atoms. The van der Waals surface area contributed by atoms with Crippen molar-refractivity contribution in [2.24, 2.45) is 0 Å². The summed E-state index contributed by atoms with van der Waals surface area (Å²) in [5, 5.41) is 8.69. The van der Waals surface area contributed by atoms with Crippen molar-refractivity contribution in [3.8, 4) is 0 Å². The number of para-hydroxylation sites is 1. The lowest BCUT2D eigenvalue weighted by atomic mass is 10.1. The number of benzene rings is 1. The molecule has 0 saturated heterocycles. The van der Waals surface area contributed by atoms with E-state index >= 15 is 0 Å². The van der Waals surface area contributed by atoms with Gasteiger partial charge in [0.05, 0.1) is 5.69 Å². The Morgan fingerprint density at radius 1 is 1.33 bits per heavy atom. The highest BCUT2D eigenvalue weighted by molar-refractivity contribution is 5.99. The van der Waals surface area contributed by atoms with Crippen molar-refractivity contribution in [2.75, 3.05) is 25.1 Å². The first-order valence-corrected chi connectivity index (χ1v) is 6.19. The van der Waals surface area contributed by atoms with Crippen LogP contribution in [-0.4, -0.2) is 31.1 Å². The summed E-state index contributed by atoms with van der Waals surface area (Å²) in [6.07, 6.45) is 2.51. The molecule has 1 aromatic rings. The van der Waals surface area contributed by atoms with E-state index in [1.807, 2.05) is 0 Å². The molecule has 100 valence electrons. The van der Waals surface area contributed by atoms with Crippen molar-refractivity contribution in [3.05, 3.63) is 29.6 Å². The second-order valence-corrected chi connectivity index (χ2v) is 4.40. The lowest BCUT2D eigenvalue weighted by Gasteiger charge is -2.22. The third-order valence-electron chi connectivity index (χ3n) is 2.90. The van der Waals surface area contributed by atoms with Crippen molar-refractivity contribution < 1.29 is 14.3 Å². The van der Waals surface area contributed by atoms with Gasteiger partial charge in [0.2, 0.25) is 0 Å². The van der Waals surface area contributed by atoms with Gasteiger partial charge < -0.3 is 10.0 Å². The fraction of sp³-hybridized carbons (Fsp3) is 0.500. The van der Waals surface area contributed by atoms with Crippen LogP contribution in [0.15, 0.2) is 18.2 Å². The molecule has 0 aliphatic carbocycles. The van der Waals surface area contributed by atoms with Crippen LogP contribution in [0.4, 0.5) is 10.1 Å². The van der Waals surface area contributed by atoms with E-state index in [2.05, 4.69) is 0 Å². The number of aliphatic hydroxyl groups excluding tert-OH is 1. The maximum absolute atomic E-state index is 13.8. The van der Waals surface area contributed by atoms with Crippen molar-refractivity contribution in [1.29, 1.82) is 0 Å². The largest absolute Gasteiger partial charge is 0.396 e. The molecule has 0 heterocycles. The average Bonchev–Trinajstić information content (AvgIpc) is 2.34. The van der Waals surface area contributed by atoms with E-state index in [9.17, 15) is 9.18 Å². The minimum Gasteiger partial charge on any atom is -0.396 e. The van der Waals surface area contributed by atoms with Gasteiger partial charge in [-0.05, 0) is 38.3 Å². The van der Waals surface area contributed by atoms with Crippen LogP contribution in [-0.2, 0) is 0 Å². The number of Topliss-reactive ketones (excluding diaryl/α,β-unsaturated/α-hetero) is 1. The lowest BCUT2D eigenvalue weighted by Crippen LogP contribution is -2.22. The van der Waals surface area contributed by atoms with Crippen molar-refractivity contribution in [3.63, 3.8) is 0 Å². The van der Waals surface area contributed by atoms with E-state index in [1.165, 1.54) is 13.0 Å². The number of rotatable bonds is 7. The van der Waals surface area contributed by atoms with Crippen LogP contribution < -0.4 is 4.90 Å². The molecule has 0 unspecified atom stereocenters. The Kier molecular flexibility index (Phi) is 5.78. The van der Waals surface area contributed by atoms with Crippen molar-refractivity contribution in [2.45, 2.75) is 26.2 Å². The number of hydrogen-bond donors (Lipinski definition) is 1. The third-order valence-corrected chi connectivity index (χ3v) is 2.90. The minimum atomic E-state index is -0.368. The molecule has 0 radical (unpaired) electrons. The number of carbonyl (C=O) groups excluding carboxylic acids is 1. The fourth-order valence-corrected chi connectivity index (χ4v) is 1.94. The summed E-state index contributed by atoms with van der Waals surface area (Å²) in [5.41, 5.74) is 0.786. The topological polar surface area (TPSA) is 40.5 Å². The van der Waals surface area contributed by atoms with Crippen LogP contribution in [0.1, 0.15) is 36.5 Å². The Morgan fingerprint density at radius 3 is 2.67 bits per heavy atom. The zero-order chi connectivity index (χ0) is 13.5. The van der Waals surface area contributed by atoms with Crippen LogP contribution in [0.3, 0.4) is 0 Å². The Balaban J connectivity index is 2.77. The number of carbonyl (C=O) groups is 1. The number of halogens is 1. The Labute approximate surface area is 107 Å². The summed E-state index contributed by atoms with van der Waals surface area (Å²) < 4.78 is 13.8. The number of unbranched alkanes of at least 4 members (excludes halogenated alkanes) is 2. The molecule has 0 bridgehead atoms. The van der Waals surface area contributed by atoms with Gasteiger partial charge in [0.15, 0.2) is 5.78 Å². The second-order valence-electron chi connectivity index (χ2n) is 4.40. The Morgan fingerprint density at radius 2 is 2.06 bits per heavy atom. The molecule has 0 aromatic heterocycles. The summed E-state index contributed by atoms with van der Waals surface area (Å²) >= 11 is 0. The zero-order valence-electron chi connectivity index (χ0n) is 10.9. The van der Waals surface area contributed by atoms with E-state index in [1.54, 1.807) is 24.1 Å². The average molecular weight is 253 g/mol. The van der Waals surface area contributed by atoms with Gasteiger partial charge in [-0.2, -0.15) is 0 Å². The zero-order valence-corrected chi connectivity index (χ0v) is 10.9. The first kappa shape index (κ1) is 14.6. The number of hydrogen-bond acceptors (Lipinski definition) is 3. The second kappa shape index (κ2) is 7.11. The molecule has 1 rings (SSSR count). The molecule has 0 aliphatic rings. The number of nitrogens with zero attached hydrogens (tertiary/aromatic N) is 1. The van der Waals surface area contributed by atoms with E-state index in [0.29, 0.717) is 17.8 Å². The number of anilines is 1. The van der Waals surface area contributed by atoms with Gasteiger partial charge in [-0.1, -0.05) is 6.07 Å². The Hall–Kier alpha value is -1.42. The highest BCUT2D eigenvalue weighted by atomic mass is 19.1. The molecular weight excluding hydrogens is 233 g/mol. The quantitative estimate of drug-likeness (QED) is 0.600. The predicted octanol–water partition coefficient (Wildman–Crippen LogP) is 2.63. The molecule has 3 nitrogen and oxygen atoms in total. The third kappa shape index (κ3) is 3.81. The molecule has 1 N–H and O–H groups in total. The van der Waals surface area contributed by atoms with Crippen LogP contribution in [0, 0.1) is 5.82 Å². The SMILES string of the molecule is CC(=O)c1cccc(F)c1N(C)CCCCCO. The van der Waals surface area contributed by atoms with Gasteiger partial charge in [0.1, 0.15) is 5.82 Å². The molecular formula is C14H20FNO2. The van der Waals surface area contributed by atoms with Crippen LogP contribution >= 0.6 is 0 Å². The fourth-order valence-electron chi connectivity index (χ4n) is 1.94. The first-order valence-electron chi connectivity index (χ1n) is 6.19. The summed E-state index contributed by atoms with van der Waals surface area (Å²) in [4.78, 5) is 13.2. The number of ketones is 1. The summed E-state index contributed by atoms with van der Waals surface area (Å²) in [5.74, 6) is -0.501. The minimum absolute atomic E-state index is 0.133. The summed E-state index contributed by atoms with van der Waals surface area (Å²) in [6, 6.07) is 4.56. The molecule has 4 heteroatoms. The van der Waals surface area contributed by atoms with Gasteiger partial charge >= 0.3 is 0 Å². The highest BCUT2D eigenvalue weighted by Gasteiger charge is 2.15. The molecule has 18 heavy (non-hydrogen) atoms. The van der Waals surface area contributed by atoms with E-state index in [0.717, 1.165) is 19.3 Å². The smallest absolute Gasteiger partial charge is 0.161 e. The van der Waals surface area contributed by atoms with E-state index in [4.69, 9.17) is 5.11 Å². The summed E-state index contributed by atoms with van der Waals surface area (Å²) in [7, 11) is 1.78. The molecule has 0 aliphatic heterocycles. The van der Waals surface area contributed by atoms with Crippen molar-refractivity contribution >= 4 is 11.5 Å². The van der Waals surface area contributed by atoms with Crippen LogP contribution in [0.5, 0.6) is 0 Å². The molecule has 0 atom stereocenters. The molecule has 0 fully saturated rings. The maximum Gasteiger partial charge on any atom is 0.161 e. The van der Waals surface area contributed by atoms with E-state index in [-0.39, 0.29) is 18.2 Å². The normalized spacial score (nSPS) is 10.4. The van der Waals surface area contributed by atoms with Gasteiger partial charge in [-0.15, -0.1) is 0 Å². The van der Waals surface area contributed by atoms with Crippen molar-refractivity contribution in [1.82, 2.24) is 0 Å². The summed E-state index contributed by atoms with van der Waals surface area (Å²) in [6.45, 7) is 2.29. The highest BCUT2D eigenvalue weighted by Crippen LogP contribution is 2.24. The number of aliphatic hydroxyl groups is 1. The van der Waals surface area contributed by atoms with Crippen LogP contribution in [0.2, 0.25) is 0 Å². The molecule has 0 saturated carbocycles. The van der Waals surface area contributed by atoms with Gasteiger partial charge in [0, 0.05) is 25.8 Å². The van der Waals surface area contributed by atoms with Crippen LogP contribution in [0.25, 0.3) is 0 Å². The van der Waals surface area contributed by atoms with Gasteiger partial charge in [-0.25, -0.2) is 4.39 Å². The monoisotopic (exact) mass is 253 g/mol.